The number of nitrogens with zero attached hydrogens (tertiary/aromatic N) is 1. The number of benzene rings is 2. The Hall–Kier alpha value is -2.09. The summed E-state index contributed by atoms with van der Waals surface area (Å²) in [6.45, 7) is 0. The number of para-hydroxylation sites is 1. The zero-order chi connectivity index (χ0) is 11.5. The fourth-order valence-electron chi connectivity index (χ4n) is 2.03. The summed E-state index contributed by atoms with van der Waals surface area (Å²) in [6.07, 6.45) is 1.92. The normalized spacial score (nSPS) is 10.8. The summed E-state index contributed by atoms with van der Waals surface area (Å²) in [4.78, 5) is 0. The van der Waals surface area contributed by atoms with Gasteiger partial charge in [-0.15, -0.1) is 0 Å². The van der Waals surface area contributed by atoms with Gasteiger partial charge in [0.1, 0.15) is 0 Å². The summed E-state index contributed by atoms with van der Waals surface area (Å²) in [5.74, 6) is 0. The summed E-state index contributed by atoms with van der Waals surface area (Å²) in [6, 6.07) is 18.5. The van der Waals surface area contributed by atoms with Crippen molar-refractivity contribution in [2.24, 2.45) is 0 Å². The summed E-state index contributed by atoms with van der Waals surface area (Å²) < 4.78 is 5.29. The average Bonchev–Trinajstić information content (AvgIpc) is 2.81. The number of fused-ring (bicyclic) bond motifs is 1. The second-order valence-electron chi connectivity index (χ2n) is 4.11. The minimum absolute atomic E-state index is 0.871. The van der Waals surface area contributed by atoms with Crippen LogP contribution in [0.2, 0.25) is 0 Å². The quantitative estimate of drug-likeness (QED) is 0.678. The van der Waals surface area contributed by atoms with Crippen LogP contribution in [0.25, 0.3) is 11.0 Å². The monoisotopic (exact) mass is 223 g/mol. The maximum atomic E-state index is 5.29. The van der Waals surface area contributed by atoms with E-state index in [-0.39, 0.29) is 0 Å². The van der Waals surface area contributed by atoms with Gasteiger partial charge in [0.05, 0.1) is 5.69 Å². The lowest BCUT2D eigenvalue weighted by molar-refractivity contribution is 0.446. The van der Waals surface area contributed by atoms with E-state index >= 15 is 0 Å². The highest BCUT2D eigenvalue weighted by atomic mass is 16.5. The van der Waals surface area contributed by atoms with Crippen molar-refractivity contribution in [2.75, 3.05) is 0 Å². The van der Waals surface area contributed by atoms with Gasteiger partial charge in [-0.25, -0.2) is 0 Å². The molecule has 84 valence electrons. The van der Waals surface area contributed by atoms with Crippen LogP contribution in [0, 0.1) is 0 Å². The molecule has 0 fully saturated rings. The molecule has 2 aromatic carbocycles. The molecule has 0 N–H and O–H groups in total. The average molecular weight is 223 g/mol. The van der Waals surface area contributed by atoms with Gasteiger partial charge in [-0.2, -0.15) is 0 Å². The van der Waals surface area contributed by atoms with Gasteiger partial charge in [-0.3, -0.25) is 0 Å². The van der Waals surface area contributed by atoms with Gasteiger partial charge in [0.25, 0.3) is 0 Å². The van der Waals surface area contributed by atoms with E-state index in [4.69, 9.17) is 4.52 Å². The molecule has 3 aromatic rings. The summed E-state index contributed by atoms with van der Waals surface area (Å²) >= 11 is 0. The van der Waals surface area contributed by atoms with Gasteiger partial charge in [0.15, 0.2) is 5.58 Å². The molecule has 0 atom stereocenters. The molecule has 2 heteroatoms. The molecule has 3 rings (SSSR count). The first-order chi connectivity index (χ1) is 8.43. The van der Waals surface area contributed by atoms with E-state index in [1.165, 1.54) is 5.56 Å². The van der Waals surface area contributed by atoms with Gasteiger partial charge in [-0.05, 0) is 30.5 Å². The molecule has 0 spiro atoms. The van der Waals surface area contributed by atoms with Gasteiger partial charge >= 0.3 is 0 Å². The third-order valence-electron chi connectivity index (χ3n) is 2.95. The SMILES string of the molecule is c1ccc(CCc2noc3ccccc23)cc1. The molecule has 0 aliphatic rings. The Morgan fingerprint density at radius 2 is 1.59 bits per heavy atom. The predicted molar refractivity (Wildman–Crippen MR) is 67.9 cm³/mol. The fourth-order valence-corrected chi connectivity index (χ4v) is 2.03. The minimum atomic E-state index is 0.871. The van der Waals surface area contributed by atoms with Crippen LogP contribution in [0.5, 0.6) is 0 Å². The molecule has 0 radical (unpaired) electrons. The first-order valence-electron chi connectivity index (χ1n) is 5.81. The third-order valence-corrected chi connectivity index (χ3v) is 2.95. The maximum absolute atomic E-state index is 5.29. The highest BCUT2D eigenvalue weighted by molar-refractivity contribution is 5.79. The van der Waals surface area contributed by atoms with E-state index in [1.807, 2.05) is 24.3 Å². The van der Waals surface area contributed by atoms with Crippen LogP contribution in [0.4, 0.5) is 0 Å². The molecule has 0 aliphatic carbocycles. The molecule has 0 amide bonds. The van der Waals surface area contributed by atoms with Crippen LogP contribution in [-0.4, -0.2) is 5.16 Å². The first kappa shape index (κ1) is 10.1. The number of hydrogen-bond donors (Lipinski definition) is 0. The van der Waals surface area contributed by atoms with Gasteiger partial charge < -0.3 is 4.52 Å². The van der Waals surface area contributed by atoms with Gasteiger partial charge in [0, 0.05) is 5.39 Å². The van der Waals surface area contributed by atoms with Crippen LogP contribution >= 0.6 is 0 Å². The molecule has 17 heavy (non-hydrogen) atoms. The predicted octanol–water partition coefficient (Wildman–Crippen LogP) is 3.61. The molecular formula is C15H13NO. The van der Waals surface area contributed by atoms with Crippen molar-refractivity contribution in [3.63, 3.8) is 0 Å². The Labute approximate surface area is 99.9 Å². The summed E-state index contributed by atoms with van der Waals surface area (Å²) in [5.41, 5.74) is 3.25. The van der Waals surface area contributed by atoms with Crippen molar-refractivity contribution in [2.45, 2.75) is 12.8 Å². The van der Waals surface area contributed by atoms with Crippen molar-refractivity contribution >= 4 is 11.0 Å². The van der Waals surface area contributed by atoms with Crippen molar-refractivity contribution in [3.05, 3.63) is 65.9 Å². The Kier molecular flexibility index (Phi) is 2.62. The molecule has 2 nitrogen and oxygen atoms in total. The molecule has 0 aliphatic heterocycles. The van der Waals surface area contributed by atoms with Crippen LogP contribution in [0.3, 0.4) is 0 Å². The van der Waals surface area contributed by atoms with Crippen LogP contribution < -0.4 is 0 Å². The topological polar surface area (TPSA) is 26.0 Å². The summed E-state index contributed by atoms with van der Waals surface area (Å²) in [5, 5.41) is 5.26. The Balaban J connectivity index is 1.82. The lowest BCUT2D eigenvalue weighted by atomic mass is 10.1. The van der Waals surface area contributed by atoms with E-state index < -0.39 is 0 Å². The third kappa shape index (κ3) is 2.07. The molecule has 0 saturated heterocycles. The Bertz CT molecular complexity index is 613. The lowest BCUT2D eigenvalue weighted by Gasteiger charge is -1.98. The largest absolute Gasteiger partial charge is 0.356 e. The molecule has 0 saturated carbocycles. The maximum Gasteiger partial charge on any atom is 0.167 e. The van der Waals surface area contributed by atoms with E-state index in [9.17, 15) is 0 Å². The Morgan fingerprint density at radius 1 is 0.824 bits per heavy atom. The van der Waals surface area contributed by atoms with Crippen LogP contribution in [0.15, 0.2) is 59.1 Å². The van der Waals surface area contributed by atoms with Crippen molar-refractivity contribution < 1.29 is 4.52 Å². The smallest absolute Gasteiger partial charge is 0.167 e. The number of aryl methyl sites for hydroxylation is 2. The van der Waals surface area contributed by atoms with E-state index in [1.54, 1.807) is 0 Å². The zero-order valence-corrected chi connectivity index (χ0v) is 9.47. The minimum Gasteiger partial charge on any atom is -0.356 e. The van der Waals surface area contributed by atoms with Crippen molar-refractivity contribution in [1.29, 1.82) is 0 Å². The number of aromatic nitrogens is 1. The van der Waals surface area contributed by atoms with Gasteiger partial charge in [-0.1, -0.05) is 47.6 Å². The molecular weight excluding hydrogens is 210 g/mol. The van der Waals surface area contributed by atoms with E-state index in [0.29, 0.717) is 0 Å². The molecule has 0 bridgehead atoms. The van der Waals surface area contributed by atoms with Crippen LogP contribution in [0.1, 0.15) is 11.3 Å². The highest BCUT2D eigenvalue weighted by Crippen LogP contribution is 2.19. The molecule has 1 heterocycles. The number of rotatable bonds is 3. The zero-order valence-electron chi connectivity index (χ0n) is 9.47. The van der Waals surface area contributed by atoms with Crippen molar-refractivity contribution in [1.82, 2.24) is 5.16 Å². The Morgan fingerprint density at radius 3 is 2.47 bits per heavy atom. The number of hydrogen-bond acceptors (Lipinski definition) is 2. The van der Waals surface area contributed by atoms with E-state index in [0.717, 1.165) is 29.5 Å². The van der Waals surface area contributed by atoms with Crippen molar-refractivity contribution in [3.8, 4) is 0 Å². The second kappa shape index (κ2) is 4.42. The molecule has 0 unspecified atom stereocenters. The fraction of sp³-hybridized carbons (Fsp3) is 0.133. The highest BCUT2D eigenvalue weighted by Gasteiger charge is 2.06. The first-order valence-corrected chi connectivity index (χ1v) is 5.81. The standard InChI is InChI=1S/C15H13NO/c1-2-6-12(7-3-1)10-11-14-13-8-4-5-9-15(13)17-16-14/h1-9H,10-11H2. The van der Waals surface area contributed by atoms with Gasteiger partial charge in [0.2, 0.25) is 0 Å². The summed E-state index contributed by atoms with van der Waals surface area (Å²) in [7, 11) is 0. The molecule has 1 aromatic heterocycles. The second-order valence-corrected chi connectivity index (χ2v) is 4.11. The lowest BCUT2D eigenvalue weighted by Crippen LogP contribution is -1.91. The van der Waals surface area contributed by atoms with Crippen LogP contribution in [-0.2, 0) is 12.8 Å². The van der Waals surface area contributed by atoms with E-state index in [2.05, 4.69) is 35.5 Å².